The topological polar surface area (TPSA) is 70.5 Å². The van der Waals surface area contributed by atoms with Crippen molar-refractivity contribution < 1.29 is 13.5 Å². The standard InChI is InChI=1S/C14H18N2O3S2/c1-10-4-5-12(8-17)6-14(10)21(18,19)16(3)7-13-11(2)15-9-20-13/h4-6,9,17H,7-8H2,1-3H3. The maximum Gasteiger partial charge on any atom is 0.243 e. The number of benzene rings is 1. The fourth-order valence-electron chi connectivity index (χ4n) is 1.95. The fraction of sp³-hybridized carbons (Fsp3) is 0.357. The van der Waals surface area contributed by atoms with Gasteiger partial charge in [0.1, 0.15) is 0 Å². The Kier molecular flexibility index (Phi) is 4.77. The van der Waals surface area contributed by atoms with E-state index in [1.54, 1.807) is 31.6 Å². The Morgan fingerprint density at radius 2 is 2.05 bits per heavy atom. The predicted octanol–water partition coefficient (Wildman–Crippen LogP) is 2.07. The van der Waals surface area contributed by atoms with Gasteiger partial charge in [-0.2, -0.15) is 4.31 Å². The van der Waals surface area contributed by atoms with Gasteiger partial charge in [-0.25, -0.2) is 13.4 Å². The number of sulfonamides is 1. The first-order valence-electron chi connectivity index (χ1n) is 6.42. The average molecular weight is 326 g/mol. The van der Waals surface area contributed by atoms with Crippen molar-refractivity contribution in [3.05, 3.63) is 45.4 Å². The van der Waals surface area contributed by atoms with E-state index in [0.717, 1.165) is 10.6 Å². The number of thiazole rings is 1. The second kappa shape index (κ2) is 6.23. The summed E-state index contributed by atoms with van der Waals surface area (Å²) in [4.78, 5) is 5.30. The number of hydrogen-bond acceptors (Lipinski definition) is 5. The molecule has 0 aliphatic carbocycles. The van der Waals surface area contributed by atoms with Crippen molar-refractivity contribution in [2.24, 2.45) is 0 Å². The Morgan fingerprint density at radius 1 is 1.33 bits per heavy atom. The van der Waals surface area contributed by atoms with E-state index < -0.39 is 10.0 Å². The quantitative estimate of drug-likeness (QED) is 0.913. The van der Waals surface area contributed by atoms with Gasteiger partial charge < -0.3 is 5.11 Å². The Hall–Kier alpha value is -1.28. The summed E-state index contributed by atoms with van der Waals surface area (Å²) in [5.74, 6) is 0. The number of nitrogens with zero attached hydrogens (tertiary/aromatic N) is 2. The average Bonchev–Trinajstić information content (AvgIpc) is 2.84. The van der Waals surface area contributed by atoms with Crippen molar-refractivity contribution in [3.63, 3.8) is 0 Å². The van der Waals surface area contributed by atoms with Crippen LogP contribution in [0.3, 0.4) is 0 Å². The third-order valence-corrected chi connectivity index (χ3v) is 6.20. The van der Waals surface area contributed by atoms with Gasteiger partial charge in [0, 0.05) is 18.5 Å². The summed E-state index contributed by atoms with van der Waals surface area (Å²) in [6, 6.07) is 4.96. The van der Waals surface area contributed by atoms with Gasteiger partial charge >= 0.3 is 0 Å². The van der Waals surface area contributed by atoms with Crippen LogP contribution < -0.4 is 0 Å². The summed E-state index contributed by atoms with van der Waals surface area (Å²) >= 11 is 1.44. The minimum Gasteiger partial charge on any atom is -0.392 e. The molecule has 2 aromatic rings. The SMILES string of the molecule is Cc1ccc(CO)cc1S(=O)(=O)N(C)Cc1scnc1C. The van der Waals surface area contributed by atoms with E-state index in [9.17, 15) is 13.5 Å². The molecule has 21 heavy (non-hydrogen) atoms. The van der Waals surface area contributed by atoms with Crippen molar-refractivity contribution in [2.45, 2.75) is 31.9 Å². The van der Waals surface area contributed by atoms with E-state index in [4.69, 9.17) is 0 Å². The van der Waals surface area contributed by atoms with Gasteiger partial charge in [-0.3, -0.25) is 0 Å². The molecule has 114 valence electrons. The van der Waals surface area contributed by atoms with Crippen molar-refractivity contribution in [1.82, 2.24) is 9.29 Å². The van der Waals surface area contributed by atoms with E-state index in [-0.39, 0.29) is 11.5 Å². The summed E-state index contributed by atoms with van der Waals surface area (Å²) in [6.07, 6.45) is 0. The first-order chi connectivity index (χ1) is 9.86. The van der Waals surface area contributed by atoms with E-state index in [1.165, 1.54) is 21.7 Å². The lowest BCUT2D eigenvalue weighted by Crippen LogP contribution is -2.27. The highest BCUT2D eigenvalue weighted by molar-refractivity contribution is 7.89. The van der Waals surface area contributed by atoms with Gasteiger partial charge in [0.05, 0.1) is 22.7 Å². The van der Waals surface area contributed by atoms with Crippen molar-refractivity contribution >= 4 is 21.4 Å². The maximum atomic E-state index is 12.7. The van der Waals surface area contributed by atoms with Crippen LogP contribution in [0, 0.1) is 13.8 Å². The van der Waals surface area contributed by atoms with E-state index in [0.29, 0.717) is 17.7 Å². The van der Waals surface area contributed by atoms with E-state index >= 15 is 0 Å². The minimum absolute atomic E-state index is 0.180. The van der Waals surface area contributed by atoms with Crippen LogP contribution in [0.15, 0.2) is 28.6 Å². The lowest BCUT2D eigenvalue weighted by atomic mass is 10.2. The van der Waals surface area contributed by atoms with Crippen LogP contribution in [0.5, 0.6) is 0 Å². The zero-order valence-electron chi connectivity index (χ0n) is 12.2. The minimum atomic E-state index is -3.59. The molecule has 1 aromatic heterocycles. The van der Waals surface area contributed by atoms with Crippen LogP contribution in [0.25, 0.3) is 0 Å². The number of aromatic nitrogens is 1. The zero-order chi connectivity index (χ0) is 15.6. The molecular weight excluding hydrogens is 308 g/mol. The Balaban J connectivity index is 2.35. The Labute approximate surface area is 128 Å². The van der Waals surface area contributed by atoms with Gasteiger partial charge in [-0.05, 0) is 31.0 Å². The second-order valence-corrected chi connectivity index (χ2v) is 7.83. The fourth-order valence-corrected chi connectivity index (χ4v) is 4.28. The van der Waals surface area contributed by atoms with Gasteiger partial charge in [0.2, 0.25) is 10.0 Å². The molecule has 1 aromatic carbocycles. The predicted molar refractivity (Wildman–Crippen MR) is 82.6 cm³/mol. The zero-order valence-corrected chi connectivity index (χ0v) is 13.8. The first-order valence-corrected chi connectivity index (χ1v) is 8.74. The first kappa shape index (κ1) is 16.1. The summed E-state index contributed by atoms with van der Waals surface area (Å²) in [7, 11) is -2.04. The normalized spacial score (nSPS) is 12.0. The van der Waals surface area contributed by atoms with Crippen molar-refractivity contribution in [3.8, 4) is 0 Å². The molecule has 0 atom stereocenters. The van der Waals surface area contributed by atoms with Crippen LogP contribution >= 0.6 is 11.3 Å². The van der Waals surface area contributed by atoms with Gasteiger partial charge in [-0.15, -0.1) is 11.3 Å². The van der Waals surface area contributed by atoms with E-state index in [1.807, 2.05) is 6.92 Å². The largest absolute Gasteiger partial charge is 0.392 e. The van der Waals surface area contributed by atoms with Crippen molar-refractivity contribution in [1.29, 1.82) is 0 Å². The molecule has 0 fully saturated rings. The molecule has 0 bridgehead atoms. The molecule has 5 nitrogen and oxygen atoms in total. The summed E-state index contributed by atoms with van der Waals surface area (Å²) in [5, 5.41) is 9.19. The molecule has 1 N–H and O–H groups in total. The number of aliphatic hydroxyl groups excluding tert-OH is 1. The number of hydrogen-bond donors (Lipinski definition) is 1. The van der Waals surface area contributed by atoms with Crippen LogP contribution in [-0.4, -0.2) is 29.9 Å². The molecule has 0 amide bonds. The second-order valence-electron chi connectivity index (χ2n) is 4.88. The molecule has 7 heteroatoms. The molecule has 2 rings (SSSR count). The smallest absolute Gasteiger partial charge is 0.243 e. The highest BCUT2D eigenvalue weighted by Crippen LogP contribution is 2.23. The van der Waals surface area contributed by atoms with Crippen molar-refractivity contribution in [2.75, 3.05) is 7.05 Å². The molecule has 0 unspecified atom stereocenters. The lowest BCUT2D eigenvalue weighted by Gasteiger charge is -2.18. The van der Waals surface area contributed by atoms with Gasteiger partial charge in [0.15, 0.2) is 0 Å². The summed E-state index contributed by atoms with van der Waals surface area (Å²) in [5.41, 5.74) is 3.81. The molecule has 0 aliphatic heterocycles. The van der Waals surface area contributed by atoms with Gasteiger partial charge in [-0.1, -0.05) is 12.1 Å². The molecule has 0 aliphatic rings. The Morgan fingerprint density at radius 3 is 2.62 bits per heavy atom. The summed E-state index contributed by atoms with van der Waals surface area (Å²) in [6.45, 7) is 3.73. The molecular formula is C14H18N2O3S2. The number of rotatable bonds is 5. The molecule has 0 saturated heterocycles. The van der Waals surface area contributed by atoms with Crippen LogP contribution in [-0.2, 0) is 23.2 Å². The third kappa shape index (κ3) is 3.32. The van der Waals surface area contributed by atoms with Crippen LogP contribution in [0.2, 0.25) is 0 Å². The molecule has 0 saturated carbocycles. The van der Waals surface area contributed by atoms with E-state index in [2.05, 4.69) is 4.98 Å². The highest BCUT2D eigenvalue weighted by atomic mass is 32.2. The van der Waals surface area contributed by atoms with Crippen LogP contribution in [0.1, 0.15) is 21.7 Å². The third-order valence-electron chi connectivity index (χ3n) is 3.33. The highest BCUT2D eigenvalue weighted by Gasteiger charge is 2.24. The van der Waals surface area contributed by atoms with Crippen LogP contribution in [0.4, 0.5) is 0 Å². The number of aliphatic hydroxyl groups is 1. The number of aryl methyl sites for hydroxylation is 2. The maximum absolute atomic E-state index is 12.7. The molecule has 0 radical (unpaired) electrons. The van der Waals surface area contributed by atoms with Gasteiger partial charge in [0.25, 0.3) is 0 Å². The lowest BCUT2D eigenvalue weighted by molar-refractivity contribution is 0.281. The monoisotopic (exact) mass is 326 g/mol. The molecule has 1 heterocycles. The Bertz CT molecular complexity index is 738. The molecule has 0 spiro atoms. The summed E-state index contributed by atoms with van der Waals surface area (Å²) < 4.78 is 26.7.